The molecule has 6 heteroatoms. The van der Waals surface area contributed by atoms with Gasteiger partial charge < -0.3 is 15.5 Å². The fourth-order valence-electron chi connectivity index (χ4n) is 4.80. The molecule has 3 unspecified atom stereocenters. The molecular formula is C22H22N4OS. The Morgan fingerprint density at radius 3 is 3.07 bits per heavy atom. The van der Waals surface area contributed by atoms with Gasteiger partial charge in [0.2, 0.25) is 5.88 Å². The summed E-state index contributed by atoms with van der Waals surface area (Å²) in [4.78, 5) is 7.31. The van der Waals surface area contributed by atoms with Crippen molar-refractivity contribution >= 4 is 29.0 Å². The van der Waals surface area contributed by atoms with Crippen molar-refractivity contribution in [3.63, 3.8) is 0 Å². The number of hydrogen-bond acceptors (Lipinski definition) is 6. The lowest BCUT2D eigenvalue weighted by Crippen LogP contribution is -2.18. The first-order chi connectivity index (χ1) is 13.8. The predicted octanol–water partition coefficient (Wildman–Crippen LogP) is 3.98. The molecule has 1 aromatic heterocycles. The summed E-state index contributed by atoms with van der Waals surface area (Å²) < 4.78 is 5.21. The quantitative estimate of drug-likeness (QED) is 0.833. The highest BCUT2D eigenvalue weighted by molar-refractivity contribution is 7.12. The molecule has 4 heterocycles. The van der Waals surface area contributed by atoms with Crippen molar-refractivity contribution in [2.45, 2.75) is 31.2 Å². The molecule has 2 N–H and O–H groups in total. The molecule has 0 spiro atoms. The molecule has 5 nitrogen and oxygen atoms in total. The molecule has 2 aromatic rings. The van der Waals surface area contributed by atoms with Gasteiger partial charge >= 0.3 is 0 Å². The molecule has 0 saturated heterocycles. The number of anilines is 1. The first-order valence-electron chi connectivity index (χ1n) is 9.91. The topological polar surface area (TPSA) is 58.0 Å². The number of rotatable bonds is 3. The van der Waals surface area contributed by atoms with Crippen molar-refractivity contribution in [1.29, 1.82) is 0 Å². The normalized spacial score (nSPS) is 26.7. The van der Waals surface area contributed by atoms with Gasteiger partial charge in [0.15, 0.2) is 0 Å². The van der Waals surface area contributed by atoms with Crippen LogP contribution in [0.25, 0.3) is 0 Å². The number of allylic oxidation sites excluding steroid dienone is 1. The van der Waals surface area contributed by atoms with E-state index in [1.165, 1.54) is 37.8 Å². The highest BCUT2D eigenvalue weighted by Gasteiger charge is 2.42. The zero-order valence-corrected chi connectivity index (χ0v) is 16.6. The summed E-state index contributed by atoms with van der Waals surface area (Å²) in [7, 11) is 1.67. The monoisotopic (exact) mass is 390 g/mol. The van der Waals surface area contributed by atoms with Crippen molar-refractivity contribution in [3.8, 4) is 0 Å². The molecule has 1 aliphatic carbocycles. The zero-order valence-electron chi connectivity index (χ0n) is 15.7. The lowest BCUT2D eigenvalue weighted by atomic mass is 9.91. The second kappa shape index (κ2) is 6.21. The van der Waals surface area contributed by atoms with Crippen molar-refractivity contribution in [3.05, 3.63) is 62.7 Å². The number of benzene rings is 1. The molecule has 0 saturated carbocycles. The van der Waals surface area contributed by atoms with Gasteiger partial charge in [-0.25, -0.2) is 4.99 Å². The number of hydrazone groups is 1. The first kappa shape index (κ1) is 16.4. The molecule has 142 valence electrons. The van der Waals surface area contributed by atoms with E-state index >= 15 is 0 Å². The molecule has 0 amide bonds. The molecular weight excluding hydrogens is 368 g/mol. The van der Waals surface area contributed by atoms with Crippen molar-refractivity contribution in [2.24, 2.45) is 16.0 Å². The average Bonchev–Trinajstić information content (AvgIpc) is 3.48. The number of nitrogens with zero attached hydrogens (tertiary/aromatic N) is 2. The average molecular weight is 391 g/mol. The number of hydrogen-bond donors (Lipinski definition) is 2. The summed E-state index contributed by atoms with van der Waals surface area (Å²) >= 11 is 1.94. The second-order valence-electron chi connectivity index (χ2n) is 7.86. The fourth-order valence-corrected chi connectivity index (χ4v) is 6.15. The maximum atomic E-state index is 5.21. The van der Waals surface area contributed by atoms with Crippen LogP contribution < -0.4 is 10.7 Å². The third-order valence-electron chi connectivity index (χ3n) is 6.30. The number of thiophene rings is 1. The van der Waals surface area contributed by atoms with Gasteiger partial charge in [-0.1, -0.05) is 12.1 Å². The number of fused-ring (bicyclic) bond motifs is 4. The minimum Gasteiger partial charge on any atom is -0.481 e. The van der Waals surface area contributed by atoms with Gasteiger partial charge in [-0.15, -0.1) is 11.3 Å². The van der Waals surface area contributed by atoms with Crippen LogP contribution in [0, 0.1) is 5.92 Å². The SMILES string of the molecule is COC1=CCC(c2cc3c(s2)CC2C(c4ccc5c(c4)NCC5)=NNC32)C=N1. The van der Waals surface area contributed by atoms with E-state index in [1.54, 1.807) is 7.11 Å². The van der Waals surface area contributed by atoms with E-state index < -0.39 is 0 Å². The Bertz CT molecular complexity index is 1050. The standard InChI is InChI=1S/C22H22N4OS/c1-27-20-5-4-14(11-24-20)18-9-15-19(28-18)10-16-21(25-26-22(15)16)13-3-2-12-6-7-23-17(12)8-13/h2-3,5,8-9,11,14,16,22-23,26H,4,6-7,10H2,1H3. The minimum absolute atomic E-state index is 0.307. The van der Waals surface area contributed by atoms with Crippen LogP contribution in [0.15, 0.2) is 46.3 Å². The number of methoxy groups -OCH3 is 1. The summed E-state index contributed by atoms with van der Waals surface area (Å²) in [6, 6.07) is 9.46. The molecule has 4 aliphatic rings. The summed E-state index contributed by atoms with van der Waals surface area (Å²) in [5, 5.41) is 8.24. The molecule has 1 aromatic carbocycles. The van der Waals surface area contributed by atoms with E-state index in [0.717, 1.165) is 31.7 Å². The highest BCUT2D eigenvalue weighted by atomic mass is 32.1. The van der Waals surface area contributed by atoms with E-state index in [2.05, 4.69) is 46.1 Å². The van der Waals surface area contributed by atoms with Crippen LogP contribution in [0.3, 0.4) is 0 Å². The Labute approximate surface area is 168 Å². The second-order valence-corrected chi connectivity index (χ2v) is 9.03. The van der Waals surface area contributed by atoms with Gasteiger partial charge in [-0.2, -0.15) is 5.10 Å². The maximum absolute atomic E-state index is 5.21. The van der Waals surface area contributed by atoms with Crippen molar-refractivity contribution in [2.75, 3.05) is 19.0 Å². The van der Waals surface area contributed by atoms with E-state index in [1.807, 2.05) is 17.6 Å². The summed E-state index contributed by atoms with van der Waals surface area (Å²) in [5.74, 6) is 1.52. The van der Waals surface area contributed by atoms with E-state index in [9.17, 15) is 0 Å². The molecule has 0 fully saturated rings. The van der Waals surface area contributed by atoms with Gasteiger partial charge in [0.05, 0.1) is 18.9 Å². The zero-order chi connectivity index (χ0) is 18.7. The Balaban J connectivity index is 1.24. The van der Waals surface area contributed by atoms with E-state index in [-0.39, 0.29) is 0 Å². The number of nitrogens with one attached hydrogen (secondary N) is 2. The number of ether oxygens (including phenoxy) is 1. The van der Waals surface area contributed by atoms with Crippen LogP contribution in [-0.2, 0) is 17.6 Å². The van der Waals surface area contributed by atoms with Gasteiger partial charge in [-0.3, -0.25) is 0 Å². The molecule has 0 bridgehead atoms. The largest absolute Gasteiger partial charge is 0.481 e. The van der Waals surface area contributed by atoms with Crippen LogP contribution in [-0.4, -0.2) is 25.6 Å². The van der Waals surface area contributed by atoms with E-state index in [0.29, 0.717) is 17.9 Å². The lowest BCUT2D eigenvalue weighted by Gasteiger charge is -2.15. The Kier molecular flexibility index (Phi) is 3.63. The molecule has 0 radical (unpaired) electrons. The van der Waals surface area contributed by atoms with Crippen LogP contribution >= 0.6 is 11.3 Å². The smallest absolute Gasteiger partial charge is 0.208 e. The molecule has 28 heavy (non-hydrogen) atoms. The van der Waals surface area contributed by atoms with Gasteiger partial charge in [0.1, 0.15) is 0 Å². The molecule has 3 atom stereocenters. The Hall–Kier alpha value is -2.60. The summed E-state index contributed by atoms with van der Waals surface area (Å²) in [6.45, 7) is 1.04. The van der Waals surface area contributed by atoms with Crippen LogP contribution in [0.1, 0.15) is 44.8 Å². The van der Waals surface area contributed by atoms with Gasteiger partial charge in [0.25, 0.3) is 0 Å². The third kappa shape index (κ3) is 2.44. The van der Waals surface area contributed by atoms with Crippen LogP contribution in [0.5, 0.6) is 0 Å². The van der Waals surface area contributed by atoms with Gasteiger partial charge in [-0.05, 0) is 48.6 Å². The third-order valence-corrected chi connectivity index (χ3v) is 7.60. The minimum atomic E-state index is 0.307. The molecule has 6 rings (SSSR count). The summed E-state index contributed by atoms with van der Waals surface area (Å²) in [5.41, 5.74) is 10.0. The highest BCUT2D eigenvalue weighted by Crippen LogP contribution is 2.47. The maximum Gasteiger partial charge on any atom is 0.208 e. The molecule has 3 aliphatic heterocycles. The van der Waals surface area contributed by atoms with E-state index in [4.69, 9.17) is 9.84 Å². The van der Waals surface area contributed by atoms with Crippen LogP contribution in [0.2, 0.25) is 0 Å². The summed E-state index contributed by atoms with van der Waals surface area (Å²) in [6.07, 6.45) is 7.26. The lowest BCUT2D eigenvalue weighted by molar-refractivity contribution is 0.285. The van der Waals surface area contributed by atoms with Crippen LogP contribution in [0.4, 0.5) is 5.69 Å². The number of aliphatic imine (C=N–C) groups is 1. The van der Waals surface area contributed by atoms with Crippen molar-refractivity contribution < 1.29 is 4.74 Å². The fraction of sp³-hybridized carbons (Fsp3) is 0.364. The Morgan fingerprint density at radius 2 is 2.21 bits per heavy atom. The van der Waals surface area contributed by atoms with Gasteiger partial charge in [0, 0.05) is 45.6 Å². The first-order valence-corrected chi connectivity index (χ1v) is 10.7. The Morgan fingerprint density at radius 1 is 1.25 bits per heavy atom. The van der Waals surface area contributed by atoms with Crippen molar-refractivity contribution in [1.82, 2.24) is 5.43 Å². The predicted molar refractivity (Wildman–Crippen MR) is 114 cm³/mol.